The lowest BCUT2D eigenvalue weighted by molar-refractivity contribution is 0.628. The van der Waals surface area contributed by atoms with Gasteiger partial charge in [-0.15, -0.1) is 0 Å². The number of rotatable bonds is 2. The van der Waals surface area contributed by atoms with Crippen molar-refractivity contribution in [2.24, 2.45) is 0 Å². The standard InChI is InChI=1S/C16H8FN5S/c17-12-5-1-3-10(7-12)15-21-22-13(8-18)14(20-16(22)23-15)11-4-2-6-19-9-11/h1-7,9H. The van der Waals surface area contributed by atoms with Crippen molar-refractivity contribution in [3.63, 3.8) is 0 Å². The Morgan fingerprint density at radius 2 is 2.04 bits per heavy atom. The highest BCUT2D eigenvalue weighted by Gasteiger charge is 2.18. The third kappa shape index (κ3) is 2.25. The van der Waals surface area contributed by atoms with Crippen molar-refractivity contribution in [3.05, 3.63) is 60.3 Å². The average molecular weight is 321 g/mol. The molecule has 0 radical (unpaired) electrons. The molecular formula is C16H8FN5S. The van der Waals surface area contributed by atoms with Crippen molar-refractivity contribution < 1.29 is 4.39 Å². The van der Waals surface area contributed by atoms with Crippen molar-refractivity contribution in [3.8, 4) is 27.9 Å². The van der Waals surface area contributed by atoms with E-state index < -0.39 is 0 Å². The van der Waals surface area contributed by atoms with Gasteiger partial charge in [-0.25, -0.2) is 9.37 Å². The van der Waals surface area contributed by atoms with Gasteiger partial charge in [-0.1, -0.05) is 23.5 Å². The van der Waals surface area contributed by atoms with E-state index >= 15 is 0 Å². The minimum Gasteiger partial charge on any atom is -0.264 e. The molecule has 7 heteroatoms. The van der Waals surface area contributed by atoms with Crippen LogP contribution in [0.25, 0.3) is 26.8 Å². The number of halogens is 1. The fourth-order valence-electron chi connectivity index (χ4n) is 2.29. The Hall–Kier alpha value is -3.11. The first kappa shape index (κ1) is 13.5. The van der Waals surface area contributed by atoms with Crippen LogP contribution in [0.15, 0.2) is 48.8 Å². The fourth-order valence-corrected chi connectivity index (χ4v) is 3.19. The normalized spacial score (nSPS) is 10.8. The molecule has 3 aromatic heterocycles. The van der Waals surface area contributed by atoms with Gasteiger partial charge in [0.1, 0.15) is 22.6 Å². The third-order valence-corrected chi connectivity index (χ3v) is 4.27. The number of aromatic nitrogens is 4. The first-order valence-corrected chi connectivity index (χ1v) is 7.54. The summed E-state index contributed by atoms with van der Waals surface area (Å²) >= 11 is 1.31. The Morgan fingerprint density at radius 3 is 2.78 bits per heavy atom. The van der Waals surface area contributed by atoms with Gasteiger partial charge in [0.05, 0.1) is 0 Å². The van der Waals surface area contributed by atoms with E-state index in [9.17, 15) is 9.65 Å². The van der Waals surface area contributed by atoms with Gasteiger partial charge < -0.3 is 0 Å². The molecule has 0 N–H and O–H groups in total. The number of benzene rings is 1. The number of fused-ring (bicyclic) bond motifs is 1. The van der Waals surface area contributed by atoms with Crippen molar-refractivity contribution in [2.45, 2.75) is 0 Å². The maximum absolute atomic E-state index is 13.4. The third-order valence-electron chi connectivity index (χ3n) is 3.32. The summed E-state index contributed by atoms with van der Waals surface area (Å²) in [4.78, 5) is 9.12. The van der Waals surface area contributed by atoms with Crippen LogP contribution in [0.2, 0.25) is 0 Å². The van der Waals surface area contributed by atoms with Gasteiger partial charge >= 0.3 is 0 Å². The lowest BCUT2D eigenvalue weighted by Gasteiger charge is -1.97. The molecule has 0 aliphatic rings. The summed E-state index contributed by atoms with van der Waals surface area (Å²) < 4.78 is 14.9. The van der Waals surface area contributed by atoms with E-state index in [1.807, 2.05) is 6.07 Å². The van der Waals surface area contributed by atoms with Gasteiger partial charge in [0.15, 0.2) is 5.69 Å². The summed E-state index contributed by atoms with van der Waals surface area (Å²) in [6.45, 7) is 0. The first-order chi connectivity index (χ1) is 11.3. The molecule has 0 aliphatic heterocycles. The zero-order chi connectivity index (χ0) is 15.8. The molecule has 0 fully saturated rings. The van der Waals surface area contributed by atoms with Crippen LogP contribution < -0.4 is 0 Å². The molecule has 0 spiro atoms. The molecule has 5 nitrogen and oxygen atoms in total. The van der Waals surface area contributed by atoms with Crippen LogP contribution in [0.4, 0.5) is 4.39 Å². The molecule has 0 amide bonds. The molecule has 0 aliphatic carbocycles. The second-order valence-corrected chi connectivity index (χ2v) is 5.73. The van der Waals surface area contributed by atoms with E-state index in [1.165, 1.54) is 28.0 Å². The zero-order valence-corrected chi connectivity index (χ0v) is 12.5. The Bertz CT molecular complexity index is 1050. The largest absolute Gasteiger partial charge is 0.264 e. The van der Waals surface area contributed by atoms with Crippen LogP contribution in [-0.2, 0) is 0 Å². The minimum absolute atomic E-state index is 0.327. The maximum atomic E-state index is 13.4. The van der Waals surface area contributed by atoms with Gasteiger partial charge in [0.2, 0.25) is 4.96 Å². The van der Waals surface area contributed by atoms with Crippen LogP contribution in [0.5, 0.6) is 0 Å². The van der Waals surface area contributed by atoms with Gasteiger partial charge in [-0.2, -0.15) is 14.9 Å². The maximum Gasteiger partial charge on any atom is 0.214 e. The molecule has 4 rings (SSSR count). The molecule has 0 unspecified atom stereocenters. The predicted molar refractivity (Wildman–Crippen MR) is 84.2 cm³/mol. The highest BCUT2D eigenvalue weighted by atomic mass is 32.1. The molecule has 0 bridgehead atoms. The van der Waals surface area contributed by atoms with E-state index in [1.54, 1.807) is 30.6 Å². The SMILES string of the molecule is N#Cc1c(-c2cccnc2)nc2sc(-c3cccc(F)c3)nn12. The van der Waals surface area contributed by atoms with E-state index in [0.717, 1.165) is 5.56 Å². The van der Waals surface area contributed by atoms with E-state index in [-0.39, 0.29) is 5.82 Å². The highest BCUT2D eigenvalue weighted by Crippen LogP contribution is 2.30. The second-order valence-electron chi connectivity index (χ2n) is 4.77. The van der Waals surface area contributed by atoms with Gasteiger partial charge in [0, 0.05) is 23.5 Å². The predicted octanol–water partition coefficient (Wildman–Crippen LogP) is 3.53. The van der Waals surface area contributed by atoms with Crippen molar-refractivity contribution in [2.75, 3.05) is 0 Å². The number of pyridine rings is 1. The summed E-state index contributed by atoms with van der Waals surface area (Å²) in [5.74, 6) is -0.327. The van der Waals surface area contributed by atoms with Gasteiger partial charge in [0.25, 0.3) is 0 Å². The summed E-state index contributed by atoms with van der Waals surface area (Å²) in [5, 5.41) is 14.5. The molecule has 23 heavy (non-hydrogen) atoms. The Morgan fingerprint density at radius 1 is 1.17 bits per heavy atom. The van der Waals surface area contributed by atoms with Crippen molar-refractivity contribution >= 4 is 16.3 Å². The molecule has 110 valence electrons. The van der Waals surface area contributed by atoms with Gasteiger partial charge in [-0.05, 0) is 24.3 Å². The minimum atomic E-state index is -0.327. The van der Waals surface area contributed by atoms with E-state index in [2.05, 4.69) is 21.1 Å². The molecule has 4 aromatic rings. The second kappa shape index (κ2) is 5.26. The summed E-state index contributed by atoms with van der Waals surface area (Å²) in [6.07, 6.45) is 3.31. The molecular weight excluding hydrogens is 313 g/mol. The fraction of sp³-hybridized carbons (Fsp3) is 0. The topological polar surface area (TPSA) is 66.9 Å². The van der Waals surface area contributed by atoms with Crippen molar-refractivity contribution in [1.82, 2.24) is 19.6 Å². The first-order valence-electron chi connectivity index (χ1n) is 6.72. The average Bonchev–Trinajstić information content (AvgIpc) is 3.13. The van der Waals surface area contributed by atoms with Gasteiger partial charge in [-0.3, -0.25) is 4.98 Å². The number of hydrogen-bond donors (Lipinski definition) is 0. The monoisotopic (exact) mass is 321 g/mol. The number of nitrogens with zero attached hydrogens (tertiary/aromatic N) is 5. The number of imidazole rings is 1. The van der Waals surface area contributed by atoms with E-state index in [0.29, 0.717) is 26.9 Å². The molecule has 3 heterocycles. The lowest BCUT2D eigenvalue weighted by atomic mass is 10.2. The van der Waals surface area contributed by atoms with Crippen LogP contribution in [-0.4, -0.2) is 19.6 Å². The lowest BCUT2D eigenvalue weighted by Crippen LogP contribution is -1.91. The van der Waals surface area contributed by atoms with Crippen LogP contribution in [0, 0.1) is 17.1 Å². The van der Waals surface area contributed by atoms with Crippen LogP contribution in [0.3, 0.4) is 0 Å². The molecule has 0 saturated heterocycles. The van der Waals surface area contributed by atoms with Crippen LogP contribution in [0.1, 0.15) is 5.69 Å². The summed E-state index contributed by atoms with van der Waals surface area (Å²) in [6, 6.07) is 12.0. The molecule has 0 saturated carbocycles. The zero-order valence-electron chi connectivity index (χ0n) is 11.6. The number of hydrogen-bond acceptors (Lipinski definition) is 5. The summed E-state index contributed by atoms with van der Waals surface area (Å²) in [5.41, 5.74) is 2.30. The quantitative estimate of drug-likeness (QED) is 0.566. The smallest absolute Gasteiger partial charge is 0.214 e. The Labute approximate surface area is 134 Å². The van der Waals surface area contributed by atoms with Crippen LogP contribution >= 0.6 is 11.3 Å². The Balaban J connectivity index is 1.89. The molecule has 1 aromatic carbocycles. The highest BCUT2D eigenvalue weighted by molar-refractivity contribution is 7.19. The summed E-state index contributed by atoms with van der Waals surface area (Å²) in [7, 11) is 0. The molecule has 0 atom stereocenters. The van der Waals surface area contributed by atoms with E-state index in [4.69, 9.17) is 0 Å². The Kier molecular flexibility index (Phi) is 3.10. The van der Waals surface area contributed by atoms with Crippen molar-refractivity contribution in [1.29, 1.82) is 5.26 Å². The number of nitriles is 1.